The molecule has 4 rings (SSSR count). The van der Waals surface area contributed by atoms with Crippen LogP contribution in [0.25, 0.3) is 10.2 Å². The lowest BCUT2D eigenvalue weighted by atomic mass is 9.97. The average Bonchev–Trinajstić information content (AvgIpc) is 3.11. The predicted molar refractivity (Wildman–Crippen MR) is 110 cm³/mol. The predicted octanol–water partition coefficient (Wildman–Crippen LogP) is 0.639. The molecule has 2 aliphatic rings. The van der Waals surface area contributed by atoms with Crippen LogP contribution in [0.4, 0.5) is 11.8 Å². The first kappa shape index (κ1) is 19.4. The molecule has 28 heavy (non-hydrogen) atoms. The number of nitrogens with zero attached hydrogens (tertiary/aromatic N) is 5. The molecular weight excluding hydrogens is 378 g/mol. The van der Waals surface area contributed by atoms with Crippen LogP contribution in [0.15, 0.2) is 0 Å². The number of thiophene rings is 1. The zero-order valence-corrected chi connectivity index (χ0v) is 16.8. The summed E-state index contributed by atoms with van der Waals surface area (Å²) < 4.78 is 0. The highest BCUT2D eigenvalue weighted by atomic mass is 32.1. The first-order valence-electron chi connectivity index (χ1n) is 9.98. The summed E-state index contributed by atoms with van der Waals surface area (Å²) in [7, 11) is 0. The molecule has 0 saturated carbocycles. The fourth-order valence-corrected chi connectivity index (χ4v) is 5.34. The van der Waals surface area contributed by atoms with Gasteiger partial charge in [0.15, 0.2) is 0 Å². The Bertz CT molecular complexity index is 829. The number of piperazine rings is 1. The molecule has 0 aromatic carbocycles. The third-order valence-corrected chi connectivity index (χ3v) is 6.76. The Kier molecular flexibility index (Phi) is 5.93. The van der Waals surface area contributed by atoms with E-state index in [1.54, 1.807) is 16.2 Å². The van der Waals surface area contributed by atoms with Crippen LogP contribution >= 0.6 is 11.3 Å². The summed E-state index contributed by atoms with van der Waals surface area (Å²) in [6, 6.07) is 0. The molecule has 0 unspecified atom stereocenters. The van der Waals surface area contributed by atoms with E-state index in [2.05, 4.69) is 4.90 Å². The number of carbonyl (C=O) groups is 1. The number of aromatic nitrogens is 2. The molecule has 2 aromatic heterocycles. The van der Waals surface area contributed by atoms with Crippen molar-refractivity contribution in [3.8, 4) is 0 Å². The number of hydrogen-bond acceptors (Lipinski definition) is 8. The smallest absolute Gasteiger partial charge is 0.228 e. The van der Waals surface area contributed by atoms with E-state index in [1.165, 1.54) is 23.3 Å². The molecule has 9 heteroatoms. The molecule has 0 bridgehead atoms. The third kappa shape index (κ3) is 3.66. The molecule has 1 aliphatic heterocycles. The maximum absolute atomic E-state index is 11.0. The Morgan fingerprint density at radius 2 is 1.75 bits per heavy atom. The molecule has 1 amide bonds. The van der Waals surface area contributed by atoms with Crippen LogP contribution in [0, 0.1) is 0 Å². The first-order chi connectivity index (χ1) is 13.7. The van der Waals surface area contributed by atoms with Gasteiger partial charge in [0.2, 0.25) is 12.4 Å². The van der Waals surface area contributed by atoms with Crippen molar-refractivity contribution in [1.82, 2.24) is 14.9 Å². The van der Waals surface area contributed by atoms with Gasteiger partial charge in [-0.25, -0.2) is 4.98 Å². The van der Waals surface area contributed by atoms with Crippen LogP contribution < -0.4 is 9.80 Å². The van der Waals surface area contributed by atoms with E-state index in [0.717, 1.165) is 35.3 Å². The molecule has 1 fully saturated rings. The van der Waals surface area contributed by atoms with Crippen molar-refractivity contribution in [3.63, 3.8) is 0 Å². The Balaban J connectivity index is 1.78. The fraction of sp³-hybridized carbons (Fsp3) is 0.632. The van der Waals surface area contributed by atoms with Gasteiger partial charge in [-0.05, 0) is 31.2 Å². The second kappa shape index (κ2) is 8.59. The molecule has 1 saturated heterocycles. The van der Waals surface area contributed by atoms with Gasteiger partial charge in [0.1, 0.15) is 10.6 Å². The molecular formula is C19H27N5O3S. The van der Waals surface area contributed by atoms with E-state index < -0.39 is 0 Å². The lowest BCUT2D eigenvalue weighted by Crippen LogP contribution is -2.46. The second-order valence-corrected chi connectivity index (χ2v) is 8.38. The molecule has 0 spiro atoms. The summed E-state index contributed by atoms with van der Waals surface area (Å²) in [5.74, 6) is 1.49. The molecule has 0 atom stereocenters. The van der Waals surface area contributed by atoms with E-state index in [9.17, 15) is 15.0 Å². The van der Waals surface area contributed by atoms with Crippen LogP contribution in [-0.4, -0.2) is 84.0 Å². The Morgan fingerprint density at radius 3 is 2.43 bits per heavy atom. The number of aliphatic hydroxyl groups excluding tert-OH is 2. The SMILES string of the molecule is O=CN1CCN(c2nc(N(CCO)CCO)c3c4c(sc3n2)CCCC4)CC1. The lowest BCUT2D eigenvalue weighted by Gasteiger charge is -2.33. The van der Waals surface area contributed by atoms with Crippen molar-refractivity contribution < 1.29 is 15.0 Å². The molecule has 8 nitrogen and oxygen atoms in total. The molecule has 152 valence electrons. The maximum Gasteiger partial charge on any atom is 0.228 e. The maximum atomic E-state index is 11.0. The van der Waals surface area contributed by atoms with Crippen molar-refractivity contribution in [3.05, 3.63) is 10.4 Å². The highest BCUT2D eigenvalue weighted by molar-refractivity contribution is 7.19. The molecule has 3 heterocycles. The zero-order valence-electron chi connectivity index (χ0n) is 16.0. The van der Waals surface area contributed by atoms with Gasteiger partial charge in [-0.2, -0.15) is 4.98 Å². The van der Waals surface area contributed by atoms with Crippen LogP contribution in [0.2, 0.25) is 0 Å². The van der Waals surface area contributed by atoms with Gasteiger partial charge >= 0.3 is 0 Å². The summed E-state index contributed by atoms with van der Waals surface area (Å²) in [4.78, 5) is 29.1. The number of hydrogen-bond donors (Lipinski definition) is 2. The van der Waals surface area contributed by atoms with Crippen molar-refractivity contribution in [1.29, 1.82) is 0 Å². The Labute approximate surface area is 168 Å². The summed E-state index contributed by atoms with van der Waals surface area (Å²) in [6.45, 7) is 3.60. The summed E-state index contributed by atoms with van der Waals surface area (Å²) in [6.07, 6.45) is 5.40. The number of anilines is 2. The minimum Gasteiger partial charge on any atom is -0.395 e. The molecule has 0 radical (unpaired) electrons. The van der Waals surface area contributed by atoms with E-state index in [-0.39, 0.29) is 13.2 Å². The summed E-state index contributed by atoms with van der Waals surface area (Å²) in [5.41, 5.74) is 1.35. The van der Waals surface area contributed by atoms with Gasteiger partial charge in [-0.3, -0.25) is 4.79 Å². The molecule has 2 N–H and O–H groups in total. The van der Waals surface area contributed by atoms with Gasteiger partial charge < -0.3 is 24.9 Å². The fourth-order valence-electron chi connectivity index (χ4n) is 4.09. The summed E-state index contributed by atoms with van der Waals surface area (Å²) in [5, 5.41) is 20.2. The van der Waals surface area contributed by atoms with E-state index in [4.69, 9.17) is 9.97 Å². The number of aliphatic hydroxyl groups is 2. The Morgan fingerprint density at radius 1 is 1.04 bits per heavy atom. The van der Waals surface area contributed by atoms with Crippen molar-refractivity contribution in [2.24, 2.45) is 0 Å². The van der Waals surface area contributed by atoms with E-state index in [1.807, 2.05) is 4.90 Å². The van der Waals surface area contributed by atoms with E-state index in [0.29, 0.717) is 45.2 Å². The number of amides is 1. The van der Waals surface area contributed by atoms with Gasteiger partial charge in [0.25, 0.3) is 0 Å². The molecule has 1 aliphatic carbocycles. The van der Waals surface area contributed by atoms with E-state index >= 15 is 0 Å². The number of fused-ring (bicyclic) bond motifs is 3. The minimum absolute atomic E-state index is 0.00513. The normalized spacial score (nSPS) is 17.1. The largest absolute Gasteiger partial charge is 0.395 e. The van der Waals surface area contributed by atoms with Crippen LogP contribution in [-0.2, 0) is 17.6 Å². The van der Waals surface area contributed by atoms with Gasteiger partial charge in [0, 0.05) is 44.1 Å². The second-order valence-electron chi connectivity index (χ2n) is 7.30. The topological polar surface area (TPSA) is 93.0 Å². The summed E-state index contributed by atoms with van der Waals surface area (Å²) >= 11 is 1.75. The minimum atomic E-state index is 0.00513. The quantitative estimate of drug-likeness (QED) is 0.653. The highest BCUT2D eigenvalue weighted by Crippen LogP contribution is 2.40. The van der Waals surface area contributed by atoms with Gasteiger partial charge in [0.05, 0.1) is 18.6 Å². The van der Waals surface area contributed by atoms with Crippen LogP contribution in [0.5, 0.6) is 0 Å². The monoisotopic (exact) mass is 405 g/mol. The van der Waals surface area contributed by atoms with Crippen molar-refractivity contribution in [2.75, 3.05) is 62.3 Å². The standard InChI is InChI=1S/C19H27N5O3S/c25-11-9-23(10-12-26)17-16-14-3-1-2-4-15(14)28-18(16)21-19(20-17)24-7-5-22(13-27)6-8-24/h13,25-26H,1-12H2. The van der Waals surface area contributed by atoms with Crippen LogP contribution in [0.1, 0.15) is 23.3 Å². The number of aryl methyl sites for hydroxylation is 2. The Hall–Kier alpha value is -1.97. The zero-order chi connectivity index (χ0) is 19.5. The highest BCUT2D eigenvalue weighted by Gasteiger charge is 2.26. The lowest BCUT2D eigenvalue weighted by molar-refractivity contribution is -0.118. The third-order valence-electron chi connectivity index (χ3n) is 5.57. The molecule has 2 aromatic rings. The van der Waals surface area contributed by atoms with Crippen molar-refractivity contribution >= 4 is 39.7 Å². The number of rotatable bonds is 7. The number of carbonyl (C=O) groups excluding carboxylic acids is 1. The van der Waals surface area contributed by atoms with Crippen LogP contribution in [0.3, 0.4) is 0 Å². The first-order valence-corrected chi connectivity index (χ1v) is 10.8. The average molecular weight is 406 g/mol. The van der Waals surface area contributed by atoms with Gasteiger partial charge in [-0.15, -0.1) is 11.3 Å². The van der Waals surface area contributed by atoms with Gasteiger partial charge in [-0.1, -0.05) is 0 Å². The van der Waals surface area contributed by atoms with Crippen molar-refractivity contribution in [2.45, 2.75) is 25.7 Å².